The molecule has 94 valence electrons. The van der Waals surface area contributed by atoms with Crippen LogP contribution in [-0.4, -0.2) is 15.9 Å². The third-order valence-corrected chi connectivity index (χ3v) is 2.69. The predicted molar refractivity (Wildman–Crippen MR) is 72.7 cm³/mol. The Morgan fingerprint density at radius 1 is 1.24 bits per heavy atom. The minimum Gasteiger partial charge on any atom is -0.362 e. The Labute approximate surface area is 115 Å². The summed E-state index contributed by atoms with van der Waals surface area (Å²) in [6.07, 6.45) is -0.785. The first-order valence-electron chi connectivity index (χ1n) is 4.96. The molecule has 0 saturated heterocycles. The fraction of sp³-hybridized carbons (Fsp3) is 0.364. The van der Waals surface area contributed by atoms with Gasteiger partial charge in [-0.25, -0.2) is 0 Å². The zero-order chi connectivity index (χ0) is 13.1. The first-order valence-corrected chi connectivity index (χ1v) is 6.09. The number of carbonyl (C=O) groups is 1. The van der Waals surface area contributed by atoms with Crippen molar-refractivity contribution >= 4 is 46.4 Å². The van der Waals surface area contributed by atoms with E-state index in [0.717, 1.165) is 11.3 Å². The van der Waals surface area contributed by atoms with Gasteiger partial charge in [-0.05, 0) is 19.1 Å². The van der Waals surface area contributed by atoms with Gasteiger partial charge in [-0.1, -0.05) is 52.5 Å². The molecule has 1 aromatic carbocycles. The Kier molecular flexibility index (Phi) is 4.92. The zero-order valence-corrected chi connectivity index (χ0v) is 11.7. The number of alkyl halides is 3. The maximum atomic E-state index is 11.0. The Hall–Kier alpha value is -0.640. The predicted octanol–water partition coefficient (Wildman–Crippen LogP) is 3.24. The molecule has 0 heterocycles. The van der Waals surface area contributed by atoms with Crippen LogP contribution in [0, 0.1) is 6.92 Å². The van der Waals surface area contributed by atoms with Gasteiger partial charge in [-0.15, -0.1) is 0 Å². The summed E-state index contributed by atoms with van der Waals surface area (Å²) in [5.74, 6) is -0.277. The Morgan fingerprint density at radius 3 is 2.18 bits per heavy atom. The molecule has 0 spiro atoms. The number of halogens is 3. The highest BCUT2D eigenvalue weighted by molar-refractivity contribution is 6.68. The third-order valence-electron chi connectivity index (χ3n) is 2.04. The molecule has 2 N–H and O–H groups in total. The third kappa shape index (κ3) is 5.02. The van der Waals surface area contributed by atoms with Crippen molar-refractivity contribution in [3.05, 3.63) is 29.8 Å². The van der Waals surface area contributed by atoms with E-state index in [1.807, 2.05) is 31.2 Å². The van der Waals surface area contributed by atoms with Crippen LogP contribution in [0.15, 0.2) is 24.3 Å². The van der Waals surface area contributed by atoms with Crippen LogP contribution in [-0.2, 0) is 4.79 Å². The van der Waals surface area contributed by atoms with Gasteiger partial charge in [0.1, 0.15) is 6.17 Å². The topological polar surface area (TPSA) is 41.1 Å². The Bertz CT molecular complexity index is 387. The van der Waals surface area contributed by atoms with E-state index < -0.39 is 9.96 Å². The van der Waals surface area contributed by atoms with Crippen molar-refractivity contribution in [1.29, 1.82) is 0 Å². The molecule has 0 aliphatic rings. The Balaban J connectivity index is 2.79. The number of nitrogens with one attached hydrogen (secondary N) is 2. The average molecular weight is 296 g/mol. The summed E-state index contributed by atoms with van der Waals surface area (Å²) >= 11 is 17.3. The van der Waals surface area contributed by atoms with Crippen LogP contribution in [0.3, 0.4) is 0 Å². The molecule has 0 radical (unpaired) electrons. The van der Waals surface area contributed by atoms with Crippen LogP contribution < -0.4 is 10.6 Å². The second kappa shape index (κ2) is 5.80. The van der Waals surface area contributed by atoms with Crippen molar-refractivity contribution in [3.8, 4) is 0 Å². The lowest BCUT2D eigenvalue weighted by atomic mass is 10.2. The highest BCUT2D eigenvalue weighted by atomic mass is 35.6. The van der Waals surface area contributed by atoms with E-state index in [1.165, 1.54) is 6.92 Å². The Morgan fingerprint density at radius 2 is 1.76 bits per heavy atom. The molecule has 0 unspecified atom stereocenters. The average Bonchev–Trinajstić information content (AvgIpc) is 2.18. The molecule has 6 heteroatoms. The van der Waals surface area contributed by atoms with Gasteiger partial charge in [0.15, 0.2) is 0 Å². The van der Waals surface area contributed by atoms with E-state index in [0.29, 0.717) is 0 Å². The SMILES string of the molecule is CC(=O)N[C@@H](Nc1ccc(C)cc1)C(Cl)(Cl)Cl. The first-order chi connectivity index (χ1) is 7.79. The minimum absolute atomic E-state index is 0.277. The summed E-state index contributed by atoms with van der Waals surface area (Å²) in [5, 5.41) is 5.49. The van der Waals surface area contributed by atoms with Crippen LogP contribution in [0.2, 0.25) is 0 Å². The fourth-order valence-electron chi connectivity index (χ4n) is 1.22. The van der Waals surface area contributed by atoms with E-state index in [-0.39, 0.29) is 5.91 Å². The van der Waals surface area contributed by atoms with Crippen molar-refractivity contribution in [3.63, 3.8) is 0 Å². The smallest absolute Gasteiger partial charge is 0.228 e. The summed E-state index contributed by atoms with van der Waals surface area (Å²) in [6, 6.07) is 7.54. The molecular formula is C11H13Cl3N2O. The van der Waals surface area contributed by atoms with Gasteiger partial charge in [0.25, 0.3) is 0 Å². The van der Waals surface area contributed by atoms with Crippen molar-refractivity contribution < 1.29 is 4.79 Å². The first kappa shape index (κ1) is 14.4. The van der Waals surface area contributed by atoms with Crippen LogP contribution in [0.1, 0.15) is 12.5 Å². The van der Waals surface area contributed by atoms with Gasteiger partial charge >= 0.3 is 0 Å². The number of carbonyl (C=O) groups excluding carboxylic acids is 1. The largest absolute Gasteiger partial charge is 0.362 e. The molecule has 3 nitrogen and oxygen atoms in total. The van der Waals surface area contributed by atoms with Crippen molar-refractivity contribution in [1.82, 2.24) is 5.32 Å². The second-order valence-corrected chi connectivity index (χ2v) is 6.05. The molecule has 1 aromatic rings. The highest BCUT2D eigenvalue weighted by Crippen LogP contribution is 2.31. The molecule has 0 aliphatic carbocycles. The molecule has 1 amide bonds. The van der Waals surface area contributed by atoms with E-state index in [2.05, 4.69) is 10.6 Å². The highest BCUT2D eigenvalue weighted by Gasteiger charge is 2.33. The summed E-state index contributed by atoms with van der Waals surface area (Å²) < 4.78 is -1.63. The van der Waals surface area contributed by atoms with Crippen LogP contribution >= 0.6 is 34.8 Å². The summed E-state index contributed by atoms with van der Waals surface area (Å²) in [5.41, 5.74) is 1.89. The summed E-state index contributed by atoms with van der Waals surface area (Å²) in [7, 11) is 0. The molecule has 0 fully saturated rings. The lowest BCUT2D eigenvalue weighted by molar-refractivity contribution is -0.119. The number of benzene rings is 1. The van der Waals surface area contributed by atoms with E-state index in [4.69, 9.17) is 34.8 Å². The van der Waals surface area contributed by atoms with E-state index in [1.54, 1.807) is 0 Å². The second-order valence-electron chi connectivity index (χ2n) is 3.69. The van der Waals surface area contributed by atoms with Gasteiger partial charge in [0.2, 0.25) is 9.70 Å². The van der Waals surface area contributed by atoms with Crippen molar-refractivity contribution in [2.75, 3.05) is 5.32 Å². The molecule has 1 atom stereocenters. The minimum atomic E-state index is -1.63. The van der Waals surface area contributed by atoms with Crippen LogP contribution in [0.4, 0.5) is 5.69 Å². The lowest BCUT2D eigenvalue weighted by Gasteiger charge is -2.26. The van der Waals surface area contributed by atoms with E-state index in [9.17, 15) is 4.79 Å². The number of anilines is 1. The van der Waals surface area contributed by atoms with Gasteiger partial charge < -0.3 is 10.6 Å². The zero-order valence-electron chi connectivity index (χ0n) is 9.43. The van der Waals surface area contributed by atoms with Gasteiger partial charge in [0.05, 0.1) is 0 Å². The lowest BCUT2D eigenvalue weighted by Crippen LogP contribution is -2.48. The van der Waals surface area contributed by atoms with Crippen molar-refractivity contribution in [2.24, 2.45) is 0 Å². The molecule has 0 bridgehead atoms. The van der Waals surface area contributed by atoms with Crippen LogP contribution in [0.5, 0.6) is 0 Å². The van der Waals surface area contributed by atoms with Gasteiger partial charge in [-0.2, -0.15) is 0 Å². The molecular weight excluding hydrogens is 282 g/mol. The van der Waals surface area contributed by atoms with Gasteiger partial charge in [0, 0.05) is 12.6 Å². The maximum Gasteiger partial charge on any atom is 0.228 e. The number of aryl methyl sites for hydroxylation is 1. The fourth-order valence-corrected chi connectivity index (χ4v) is 1.55. The normalized spacial score (nSPS) is 13.0. The number of rotatable bonds is 3. The number of hydrogen-bond donors (Lipinski definition) is 2. The molecule has 1 rings (SSSR count). The number of amides is 1. The van der Waals surface area contributed by atoms with Crippen molar-refractivity contribution in [2.45, 2.75) is 23.8 Å². The molecule has 0 aliphatic heterocycles. The summed E-state index contributed by atoms with van der Waals surface area (Å²) in [4.78, 5) is 11.0. The quantitative estimate of drug-likeness (QED) is 0.664. The standard InChI is InChI=1S/C11H13Cl3N2O/c1-7-3-5-9(6-4-7)16-10(11(12,13)14)15-8(2)17/h3-6,10,16H,1-2H3,(H,15,17)/t10-/m0/s1. The maximum absolute atomic E-state index is 11.0. The van der Waals surface area contributed by atoms with E-state index >= 15 is 0 Å². The summed E-state index contributed by atoms with van der Waals surface area (Å²) in [6.45, 7) is 3.34. The number of hydrogen-bond acceptors (Lipinski definition) is 2. The molecule has 17 heavy (non-hydrogen) atoms. The molecule has 0 saturated carbocycles. The molecule has 0 aromatic heterocycles. The van der Waals surface area contributed by atoms with Gasteiger partial charge in [-0.3, -0.25) is 4.79 Å². The monoisotopic (exact) mass is 294 g/mol. The van der Waals surface area contributed by atoms with Crippen LogP contribution in [0.25, 0.3) is 0 Å².